The zero-order chi connectivity index (χ0) is 25.7. The minimum absolute atomic E-state index is 0.0504. The van der Waals surface area contributed by atoms with Crippen molar-refractivity contribution >= 4 is 18.0 Å². The van der Waals surface area contributed by atoms with Crippen LogP contribution in [-0.4, -0.2) is 101 Å². The first kappa shape index (κ1) is 26.2. The van der Waals surface area contributed by atoms with Crippen LogP contribution in [0.4, 0.5) is 9.59 Å². The van der Waals surface area contributed by atoms with Crippen molar-refractivity contribution in [3.05, 3.63) is 35.9 Å². The van der Waals surface area contributed by atoms with Gasteiger partial charge in [0.15, 0.2) is 0 Å². The van der Waals surface area contributed by atoms with Gasteiger partial charge < -0.3 is 14.5 Å². The maximum atomic E-state index is 12.9. The normalized spacial score (nSPS) is 22.6. The summed E-state index contributed by atoms with van der Waals surface area (Å²) >= 11 is 0. The maximum Gasteiger partial charge on any atom is 0.410 e. The Morgan fingerprint density at radius 3 is 2.47 bits per heavy atom. The van der Waals surface area contributed by atoms with Crippen molar-refractivity contribution in [2.24, 2.45) is 0 Å². The molecule has 1 aromatic rings. The topological polar surface area (TPSA) is 104 Å². The van der Waals surface area contributed by atoms with Gasteiger partial charge in [-0.15, -0.1) is 0 Å². The van der Waals surface area contributed by atoms with Crippen molar-refractivity contribution in [1.82, 2.24) is 25.2 Å². The van der Waals surface area contributed by atoms with Crippen LogP contribution in [0.1, 0.15) is 39.2 Å². The molecule has 3 aliphatic rings. The molecule has 0 radical (unpaired) electrons. The van der Waals surface area contributed by atoms with Gasteiger partial charge in [-0.2, -0.15) is 5.06 Å². The molecular weight excluding hydrogens is 466 g/mol. The number of nitrogens with zero attached hydrogens (tertiary/aromatic N) is 4. The lowest BCUT2D eigenvalue weighted by atomic mass is 10.0. The lowest BCUT2D eigenvalue weighted by molar-refractivity contribution is -0.141. The molecule has 0 spiro atoms. The van der Waals surface area contributed by atoms with Crippen molar-refractivity contribution in [2.75, 3.05) is 45.9 Å². The molecular formula is C25H37N5O6. The number of piperazine rings is 1. The van der Waals surface area contributed by atoms with Gasteiger partial charge in [0, 0.05) is 39.3 Å². The molecule has 11 heteroatoms. The fraction of sp³-hybridized carbons (Fsp3) is 0.640. The molecule has 11 nitrogen and oxygen atoms in total. The van der Waals surface area contributed by atoms with E-state index < -0.39 is 11.6 Å². The summed E-state index contributed by atoms with van der Waals surface area (Å²) < 4.78 is 5.42. The quantitative estimate of drug-likeness (QED) is 0.427. The highest BCUT2D eigenvalue weighted by molar-refractivity contribution is 5.88. The van der Waals surface area contributed by atoms with Crippen molar-refractivity contribution in [1.29, 1.82) is 0 Å². The molecule has 3 aliphatic heterocycles. The summed E-state index contributed by atoms with van der Waals surface area (Å²) in [5.41, 5.74) is 2.99. The first-order valence-electron chi connectivity index (χ1n) is 12.6. The Morgan fingerprint density at radius 2 is 1.78 bits per heavy atom. The lowest BCUT2D eigenvalue weighted by Crippen LogP contribution is -2.51. The van der Waals surface area contributed by atoms with Crippen LogP contribution in [0, 0.1) is 0 Å². The third kappa shape index (κ3) is 6.65. The first-order valence-corrected chi connectivity index (χ1v) is 12.6. The van der Waals surface area contributed by atoms with Gasteiger partial charge in [0.2, 0.25) is 0 Å². The number of hydrogen-bond acceptors (Lipinski definition) is 7. The Balaban J connectivity index is 1.14. The molecule has 4 amide bonds. The maximum absolute atomic E-state index is 12.9. The third-order valence-corrected chi connectivity index (χ3v) is 6.54. The van der Waals surface area contributed by atoms with E-state index in [0.717, 1.165) is 5.56 Å². The lowest BCUT2D eigenvalue weighted by Gasteiger charge is -2.35. The van der Waals surface area contributed by atoms with E-state index in [9.17, 15) is 14.4 Å². The molecule has 0 unspecified atom stereocenters. The molecule has 0 aromatic heterocycles. The summed E-state index contributed by atoms with van der Waals surface area (Å²) in [6.07, 6.45) is 0.960. The number of hydrogen-bond donors (Lipinski definition) is 1. The Labute approximate surface area is 212 Å². The van der Waals surface area contributed by atoms with E-state index in [-0.39, 0.29) is 24.1 Å². The Hall–Kier alpha value is -2.89. The first-order chi connectivity index (χ1) is 17.2. The third-order valence-electron chi connectivity index (χ3n) is 6.54. The second kappa shape index (κ2) is 11.4. The number of fused-ring (bicyclic) bond motifs is 2. The summed E-state index contributed by atoms with van der Waals surface area (Å²) in [7, 11) is 0. The number of amides is 4. The van der Waals surface area contributed by atoms with E-state index in [1.165, 1.54) is 5.06 Å². The van der Waals surface area contributed by atoms with Gasteiger partial charge in [-0.05, 0) is 39.2 Å². The monoisotopic (exact) mass is 503 g/mol. The van der Waals surface area contributed by atoms with Crippen LogP contribution >= 0.6 is 0 Å². The number of urea groups is 1. The van der Waals surface area contributed by atoms with Gasteiger partial charge >= 0.3 is 12.1 Å². The van der Waals surface area contributed by atoms with Gasteiger partial charge in [-0.1, -0.05) is 30.3 Å². The second-order valence-corrected chi connectivity index (χ2v) is 10.4. The molecule has 1 aromatic carbocycles. The largest absolute Gasteiger partial charge is 0.444 e. The van der Waals surface area contributed by atoms with Gasteiger partial charge in [-0.3, -0.25) is 19.4 Å². The molecule has 36 heavy (non-hydrogen) atoms. The molecule has 2 atom stereocenters. The summed E-state index contributed by atoms with van der Waals surface area (Å²) in [6.45, 7) is 9.87. The van der Waals surface area contributed by atoms with Crippen LogP contribution in [0.5, 0.6) is 0 Å². The van der Waals surface area contributed by atoms with E-state index >= 15 is 0 Å². The molecule has 2 bridgehead atoms. The molecule has 3 heterocycles. The zero-order valence-electron chi connectivity index (χ0n) is 21.4. The van der Waals surface area contributed by atoms with Crippen molar-refractivity contribution in [2.45, 2.75) is 57.9 Å². The zero-order valence-corrected chi connectivity index (χ0v) is 21.4. The van der Waals surface area contributed by atoms with E-state index in [1.807, 2.05) is 51.1 Å². The highest BCUT2D eigenvalue weighted by atomic mass is 16.7. The van der Waals surface area contributed by atoms with Crippen LogP contribution in [0.3, 0.4) is 0 Å². The van der Waals surface area contributed by atoms with Crippen LogP contribution in [0.15, 0.2) is 30.3 Å². The number of ether oxygens (including phenoxy) is 1. The molecule has 3 fully saturated rings. The van der Waals surface area contributed by atoms with Crippen LogP contribution in [0.25, 0.3) is 0 Å². The minimum atomic E-state index is -0.573. The number of piperidine rings is 1. The van der Waals surface area contributed by atoms with E-state index in [1.54, 1.807) is 9.80 Å². The summed E-state index contributed by atoms with van der Waals surface area (Å²) in [4.78, 5) is 54.5. The molecule has 0 saturated carbocycles. The highest BCUT2D eigenvalue weighted by Crippen LogP contribution is 2.30. The Bertz CT molecular complexity index is 915. The summed E-state index contributed by atoms with van der Waals surface area (Å²) in [5.74, 6) is -0.318. The summed E-state index contributed by atoms with van der Waals surface area (Å²) in [6, 6.07) is 8.77. The van der Waals surface area contributed by atoms with Gasteiger partial charge in [0.05, 0.1) is 12.6 Å². The van der Waals surface area contributed by atoms with E-state index in [2.05, 4.69) is 10.4 Å². The van der Waals surface area contributed by atoms with Crippen molar-refractivity contribution < 1.29 is 28.8 Å². The number of carbonyl (C=O) groups is 3. The highest BCUT2D eigenvalue weighted by Gasteiger charge is 2.48. The number of hydroxylamine groups is 3. The molecule has 3 saturated heterocycles. The predicted octanol–water partition coefficient (Wildman–Crippen LogP) is 1.99. The van der Waals surface area contributed by atoms with Crippen LogP contribution in [-0.2, 0) is 25.8 Å². The molecule has 198 valence electrons. The van der Waals surface area contributed by atoms with Gasteiger partial charge in [0.25, 0.3) is 5.91 Å². The van der Waals surface area contributed by atoms with Crippen molar-refractivity contribution in [3.63, 3.8) is 0 Å². The standard InChI is InChI=1S/C25H37N5O6/c1-25(2,3)36-24(33)28-13-11-27(12-14-28)15-16-34-26-22(31)21-10-9-20-17-29(21)23(32)30(20)35-18-19-7-5-4-6-8-19/h4-8,20-21H,9-18H2,1-3H3,(H,26,31)/t20-,21+/m1/s1. The Morgan fingerprint density at radius 1 is 1.06 bits per heavy atom. The predicted molar refractivity (Wildman–Crippen MR) is 130 cm³/mol. The molecule has 0 aliphatic carbocycles. The average molecular weight is 504 g/mol. The number of nitrogens with one attached hydrogen (secondary N) is 1. The molecule has 4 rings (SSSR count). The van der Waals surface area contributed by atoms with Crippen molar-refractivity contribution in [3.8, 4) is 0 Å². The fourth-order valence-electron chi connectivity index (χ4n) is 4.63. The Kier molecular flexibility index (Phi) is 8.32. The van der Waals surface area contributed by atoms with Crippen LogP contribution < -0.4 is 5.48 Å². The van der Waals surface area contributed by atoms with Gasteiger partial charge in [-0.25, -0.2) is 15.1 Å². The second-order valence-electron chi connectivity index (χ2n) is 10.4. The average Bonchev–Trinajstić information content (AvgIpc) is 3.09. The van der Waals surface area contributed by atoms with E-state index in [4.69, 9.17) is 14.4 Å². The number of carbonyl (C=O) groups excluding carboxylic acids is 3. The SMILES string of the molecule is CC(C)(C)OC(=O)N1CCN(CCONC(=O)[C@@H]2CC[C@@H]3CN2C(=O)N3OCc2ccccc2)CC1. The van der Waals surface area contributed by atoms with Gasteiger partial charge in [0.1, 0.15) is 18.2 Å². The minimum Gasteiger partial charge on any atom is -0.444 e. The van der Waals surface area contributed by atoms with Crippen LogP contribution in [0.2, 0.25) is 0 Å². The fourth-order valence-corrected chi connectivity index (χ4v) is 4.63. The smallest absolute Gasteiger partial charge is 0.410 e. The molecule has 1 N–H and O–H groups in total. The summed E-state index contributed by atoms with van der Waals surface area (Å²) in [5, 5.41) is 1.41. The number of benzene rings is 1. The number of rotatable bonds is 8. The van der Waals surface area contributed by atoms with E-state index in [0.29, 0.717) is 65.3 Å².